The molecule has 0 spiro atoms. The summed E-state index contributed by atoms with van der Waals surface area (Å²) in [6.07, 6.45) is 2.36. The molecular weight excluding hydrogens is 300 g/mol. The Bertz CT molecular complexity index is 583. The van der Waals surface area contributed by atoms with E-state index in [1.807, 2.05) is 6.07 Å². The Labute approximate surface area is 146 Å². The van der Waals surface area contributed by atoms with Crippen molar-refractivity contribution in [1.29, 1.82) is 0 Å². The summed E-state index contributed by atoms with van der Waals surface area (Å²) >= 11 is 0. The minimum absolute atomic E-state index is 0.329. The van der Waals surface area contributed by atoms with Crippen molar-refractivity contribution in [2.24, 2.45) is 5.92 Å². The Kier molecular flexibility index (Phi) is 6.32. The molecule has 1 atom stereocenters. The maximum absolute atomic E-state index is 5.42. The molecule has 0 saturated carbocycles. The van der Waals surface area contributed by atoms with E-state index < -0.39 is 0 Å². The first-order valence-electron chi connectivity index (χ1n) is 8.58. The Morgan fingerprint density at radius 1 is 1.17 bits per heavy atom. The van der Waals surface area contributed by atoms with Gasteiger partial charge in [-0.1, -0.05) is 12.7 Å². The summed E-state index contributed by atoms with van der Waals surface area (Å²) in [4.78, 5) is 4.69. The van der Waals surface area contributed by atoms with Crippen molar-refractivity contribution in [3.63, 3.8) is 0 Å². The molecule has 1 aromatic carbocycles. The lowest BCUT2D eigenvalue weighted by Crippen LogP contribution is -2.36. The molecule has 1 aromatic rings. The van der Waals surface area contributed by atoms with Crippen LogP contribution in [0.15, 0.2) is 36.6 Å². The second-order valence-electron chi connectivity index (χ2n) is 6.26. The third-order valence-corrected chi connectivity index (χ3v) is 4.67. The number of rotatable bonds is 7. The second kappa shape index (κ2) is 8.25. The van der Waals surface area contributed by atoms with E-state index in [9.17, 15) is 0 Å². The van der Waals surface area contributed by atoms with Gasteiger partial charge in [-0.25, -0.2) is 0 Å². The smallest absolute Gasteiger partial charge is 0.123 e. The van der Waals surface area contributed by atoms with Crippen LogP contribution in [0, 0.1) is 5.92 Å². The first kappa shape index (κ1) is 18.4. The molecule has 0 saturated heterocycles. The zero-order valence-electron chi connectivity index (χ0n) is 15.6. The van der Waals surface area contributed by atoms with Crippen molar-refractivity contribution in [3.8, 4) is 11.5 Å². The van der Waals surface area contributed by atoms with Gasteiger partial charge < -0.3 is 19.3 Å². The van der Waals surface area contributed by atoms with Crippen molar-refractivity contribution >= 4 is 5.57 Å². The average molecular weight is 330 g/mol. The van der Waals surface area contributed by atoms with Crippen LogP contribution in [0.25, 0.3) is 5.57 Å². The summed E-state index contributed by atoms with van der Waals surface area (Å²) in [5.74, 6) is 1.96. The van der Waals surface area contributed by atoms with Gasteiger partial charge in [-0.05, 0) is 44.2 Å². The molecule has 2 rings (SSSR count). The standard InChI is InChI=1S/C20H30N2O2/c1-7-22(8-2)15(3)17-9-18(14-21(4)13-17)16-10-19(23-5)12-20(11-16)24-6/h9-12,17H,3,7-8,13-14H2,1-2,4-6H3/t17-/m1/s1. The van der Waals surface area contributed by atoms with Gasteiger partial charge >= 0.3 is 0 Å². The van der Waals surface area contributed by atoms with Gasteiger partial charge in [0.2, 0.25) is 0 Å². The van der Waals surface area contributed by atoms with Crippen LogP contribution < -0.4 is 9.47 Å². The van der Waals surface area contributed by atoms with Crippen molar-refractivity contribution in [2.75, 3.05) is 47.4 Å². The van der Waals surface area contributed by atoms with Gasteiger partial charge in [-0.15, -0.1) is 0 Å². The molecule has 0 bridgehead atoms. The van der Waals surface area contributed by atoms with Crippen molar-refractivity contribution < 1.29 is 9.47 Å². The number of hydrogen-bond donors (Lipinski definition) is 0. The van der Waals surface area contributed by atoms with E-state index in [1.165, 1.54) is 11.3 Å². The highest BCUT2D eigenvalue weighted by molar-refractivity contribution is 5.70. The van der Waals surface area contributed by atoms with Crippen LogP contribution in [0.2, 0.25) is 0 Å². The Balaban J connectivity index is 2.36. The van der Waals surface area contributed by atoms with Crippen molar-refractivity contribution in [3.05, 3.63) is 42.1 Å². The van der Waals surface area contributed by atoms with E-state index in [4.69, 9.17) is 9.47 Å². The predicted molar refractivity (Wildman–Crippen MR) is 101 cm³/mol. The topological polar surface area (TPSA) is 24.9 Å². The maximum atomic E-state index is 5.42. The number of likely N-dealkylation sites (N-methyl/N-ethyl adjacent to an activating group) is 1. The summed E-state index contributed by atoms with van der Waals surface area (Å²) in [5.41, 5.74) is 3.63. The normalized spacial score (nSPS) is 18.0. The average Bonchev–Trinajstić information content (AvgIpc) is 2.61. The molecule has 1 aliphatic rings. The van der Waals surface area contributed by atoms with Crippen LogP contribution in [0.5, 0.6) is 11.5 Å². The molecule has 24 heavy (non-hydrogen) atoms. The van der Waals surface area contributed by atoms with Crippen LogP contribution >= 0.6 is 0 Å². The fourth-order valence-electron chi connectivity index (χ4n) is 3.29. The van der Waals surface area contributed by atoms with Crippen LogP contribution in [-0.2, 0) is 0 Å². The van der Waals surface area contributed by atoms with Gasteiger partial charge in [-0.3, -0.25) is 0 Å². The lowest BCUT2D eigenvalue weighted by atomic mass is 9.92. The minimum atomic E-state index is 0.329. The van der Waals surface area contributed by atoms with Gasteiger partial charge in [0.1, 0.15) is 11.5 Å². The molecule has 0 radical (unpaired) electrons. The van der Waals surface area contributed by atoms with E-state index in [-0.39, 0.29) is 0 Å². The number of nitrogens with zero attached hydrogens (tertiary/aromatic N) is 2. The lowest BCUT2D eigenvalue weighted by Gasteiger charge is -2.35. The fraction of sp³-hybridized carbons (Fsp3) is 0.500. The van der Waals surface area contributed by atoms with Crippen LogP contribution in [-0.4, -0.2) is 57.2 Å². The Hall–Kier alpha value is -1.94. The van der Waals surface area contributed by atoms with Gasteiger partial charge in [-0.2, -0.15) is 0 Å². The van der Waals surface area contributed by atoms with Crippen LogP contribution in [0.3, 0.4) is 0 Å². The lowest BCUT2D eigenvalue weighted by molar-refractivity contribution is 0.284. The summed E-state index contributed by atoms with van der Waals surface area (Å²) in [7, 11) is 5.53. The van der Waals surface area contributed by atoms with Gasteiger partial charge in [0.25, 0.3) is 0 Å². The summed E-state index contributed by atoms with van der Waals surface area (Å²) in [6, 6.07) is 6.05. The first-order chi connectivity index (χ1) is 11.5. The van der Waals surface area contributed by atoms with Crippen LogP contribution in [0.4, 0.5) is 0 Å². The third-order valence-electron chi connectivity index (χ3n) is 4.67. The van der Waals surface area contributed by atoms with Gasteiger partial charge in [0.05, 0.1) is 14.2 Å². The number of ether oxygens (including phenoxy) is 2. The van der Waals surface area contributed by atoms with E-state index in [0.717, 1.165) is 43.2 Å². The summed E-state index contributed by atoms with van der Waals surface area (Å²) < 4.78 is 10.8. The number of hydrogen-bond acceptors (Lipinski definition) is 4. The highest BCUT2D eigenvalue weighted by Crippen LogP contribution is 2.32. The molecule has 1 aliphatic heterocycles. The molecule has 4 nitrogen and oxygen atoms in total. The van der Waals surface area contributed by atoms with Gasteiger partial charge in [0, 0.05) is 43.9 Å². The van der Waals surface area contributed by atoms with E-state index >= 15 is 0 Å². The summed E-state index contributed by atoms with van der Waals surface area (Å²) in [6.45, 7) is 12.6. The highest BCUT2D eigenvalue weighted by atomic mass is 16.5. The highest BCUT2D eigenvalue weighted by Gasteiger charge is 2.23. The quantitative estimate of drug-likeness (QED) is 0.764. The molecule has 0 aromatic heterocycles. The SMILES string of the molecule is C=C([C@@H]1C=C(c2cc(OC)cc(OC)c2)CN(C)C1)N(CC)CC. The molecule has 4 heteroatoms. The molecule has 132 valence electrons. The van der Waals surface area contributed by atoms with Gasteiger partial charge in [0.15, 0.2) is 0 Å². The van der Waals surface area contributed by atoms with Crippen molar-refractivity contribution in [1.82, 2.24) is 9.80 Å². The zero-order valence-corrected chi connectivity index (χ0v) is 15.6. The molecule has 0 fully saturated rings. The predicted octanol–water partition coefficient (Wildman–Crippen LogP) is 3.50. The monoisotopic (exact) mass is 330 g/mol. The minimum Gasteiger partial charge on any atom is -0.497 e. The largest absolute Gasteiger partial charge is 0.497 e. The Morgan fingerprint density at radius 3 is 2.25 bits per heavy atom. The summed E-state index contributed by atoms with van der Waals surface area (Å²) in [5, 5.41) is 0. The number of methoxy groups -OCH3 is 2. The molecule has 0 N–H and O–H groups in total. The zero-order chi connectivity index (χ0) is 17.7. The Morgan fingerprint density at radius 2 is 1.75 bits per heavy atom. The molecule has 1 heterocycles. The molecule has 0 amide bonds. The number of benzene rings is 1. The van der Waals surface area contributed by atoms with Crippen molar-refractivity contribution in [2.45, 2.75) is 13.8 Å². The van der Waals surface area contributed by atoms with E-state index in [0.29, 0.717) is 5.92 Å². The third kappa shape index (κ3) is 4.12. The molecular formula is C20H30N2O2. The second-order valence-corrected chi connectivity index (χ2v) is 6.26. The van der Waals surface area contributed by atoms with Crippen LogP contribution in [0.1, 0.15) is 19.4 Å². The van der Waals surface area contributed by atoms with E-state index in [1.54, 1.807) is 14.2 Å². The maximum Gasteiger partial charge on any atom is 0.123 e. The first-order valence-corrected chi connectivity index (χ1v) is 8.58. The van der Waals surface area contributed by atoms with E-state index in [2.05, 4.69) is 55.5 Å². The fourth-order valence-corrected chi connectivity index (χ4v) is 3.29. The molecule has 0 aliphatic carbocycles. The molecule has 0 unspecified atom stereocenters.